The summed E-state index contributed by atoms with van der Waals surface area (Å²) in [5.74, 6) is 0.209. The van der Waals surface area contributed by atoms with Crippen LogP contribution in [0.15, 0.2) is 0 Å². The van der Waals surface area contributed by atoms with E-state index in [0.29, 0.717) is 12.8 Å². The van der Waals surface area contributed by atoms with Gasteiger partial charge in [0, 0.05) is 0 Å². The molecule has 0 saturated carbocycles. The molecule has 0 spiro atoms. The van der Waals surface area contributed by atoms with Crippen molar-refractivity contribution in [2.24, 2.45) is 5.92 Å². The van der Waals surface area contributed by atoms with Crippen LogP contribution in [0.1, 0.15) is 233 Å². The number of rotatable bonds is 39. The minimum atomic E-state index is -1.25. The molecule has 0 bridgehead atoms. The maximum atomic E-state index is 12.5. The van der Waals surface area contributed by atoms with Gasteiger partial charge in [-0.05, 0) is 18.8 Å². The van der Waals surface area contributed by atoms with Gasteiger partial charge >= 0.3 is 0 Å². The molecule has 0 aromatic rings. The Bertz CT molecular complexity index is 675. The van der Waals surface area contributed by atoms with Gasteiger partial charge in [0.25, 0.3) is 0 Å². The Morgan fingerprint density at radius 1 is 0.469 bits per heavy atom. The van der Waals surface area contributed by atoms with E-state index in [9.17, 15) is 25.2 Å². The van der Waals surface area contributed by atoms with Crippen molar-refractivity contribution in [3.05, 3.63) is 0 Å². The van der Waals surface area contributed by atoms with Gasteiger partial charge in [0.15, 0.2) is 0 Å². The van der Waals surface area contributed by atoms with Crippen LogP contribution in [0.25, 0.3) is 0 Å². The molecule has 0 aliphatic carbocycles. The van der Waals surface area contributed by atoms with Gasteiger partial charge in [-0.3, -0.25) is 4.79 Å². The molecule has 6 heteroatoms. The molecule has 49 heavy (non-hydrogen) atoms. The highest BCUT2D eigenvalue weighted by atomic mass is 16.3. The topological polar surface area (TPSA) is 110 Å². The predicted octanol–water partition coefficient (Wildman–Crippen LogP) is 11.1. The first-order valence-corrected chi connectivity index (χ1v) is 21.8. The smallest absolute Gasteiger partial charge is 0.249 e. The van der Waals surface area contributed by atoms with E-state index in [1.54, 1.807) is 0 Å². The van der Waals surface area contributed by atoms with Crippen molar-refractivity contribution in [2.75, 3.05) is 6.61 Å². The monoisotopic (exact) mass is 698 g/mol. The number of unbranched alkanes of at least 4 members (excludes halogenated alkanes) is 28. The summed E-state index contributed by atoms with van der Waals surface area (Å²) in [6.45, 7) is 6.35. The maximum absolute atomic E-state index is 12.5. The highest BCUT2D eigenvalue weighted by molar-refractivity contribution is 5.80. The lowest BCUT2D eigenvalue weighted by Gasteiger charge is -2.27. The lowest BCUT2D eigenvalue weighted by molar-refractivity contribution is -0.132. The van der Waals surface area contributed by atoms with Gasteiger partial charge in [-0.2, -0.15) is 0 Å². The van der Waals surface area contributed by atoms with E-state index in [2.05, 4.69) is 26.1 Å². The largest absolute Gasteiger partial charge is 0.394 e. The third-order valence-electron chi connectivity index (χ3n) is 10.5. The fraction of sp³-hybridized carbons (Fsp3) is 0.977. The minimum absolute atomic E-state index is 0.374. The van der Waals surface area contributed by atoms with Gasteiger partial charge < -0.3 is 25.7 Å². The SMILES string of the molecule is CCCCCCCCCCCCCCCCCCCCCCCCC(O)C(=O)N[C@@H](CO)[C@H](O)[C@H](O)CCCCCCCCCCC(C)C. The average Bonchev–Trinajstić information content (AvgIpc) is 3.09. The van der Waals surface area contributed by atoms with E-state index in [1.165, 1.54) is 161 Å². The Kier molecular flexibility index (Phi) is 36.6. The van der Waals surface area contributed by atoms with Crippen LogP contribution < -0.4 is 5.32 Å². The summed E-state index contributed by atoms with van der Waals surface area (Å²) in [4.78, 5) is 12.5. The van der Waals surface area contributed by atoms with Crippen molar-refractivity contribution in [3.63, 3.8) is 0 Å². The summed E-state index contributed by atoms with van der Waals surface area (Å²) in [6, 6.07) is -0.979. The van der Waals surface area contributed by atoms with Gasteiger partial charge in [-0.1, -0.05) is 220 Å². The van der Waals surface area contributed by atoms with Crippen molar-refractivity contribution in [1.29, 1.82) is 0 Å². The van der Waals surface area contributed by atoms with Gasteiger partial charge in [0.05, 0.1) is 18.8 Å². The number of aliphatic hydroxyl groups excluding tert-OH is 4. The Balaban J connectivity index is 3.65. The summed E-state index contributed by atoms with van der Waals surface area (Å²) in [6.07, 6.45) is 37.2. The molecule has 0 saturated heterocycles. The van der Waals surface area contributed by atoms with Crippen LogP contribution in [0.3, 0.4) is 0 Å². The number of carbonyl (C=O) groups excluding carboxylic acids is 1. The Morgan fingerprint density at radius 2 is 0.776 bits per heavy atom. The zero-order chi connectivity index (χ0) is 36.2. The average molecular weight is 698 g/mol. The molecular formula is C43H87NO5. The molecule has 0 heterocycles. The van der Waals surface area contributed by atoms with Crippen LogP contribution in [0, 0.1) is 5.92 Å². The number of aliphatic hydroxyl groups is 4. The highest BCUT2D eigenvalue weighted by Gasteiger charge is 2.28. The summed E-state index contributed by atoms with van der Waals surface area (Å²) in [5, 5.41) is 43.6. The number of amides is 1. The Hall–Kier alpha value is -0.690. The Labute approximate surface area is 305 Å². The maximum Gasteiger partial charge on any atom is 0.249 e. The van der Waals surface area contributed by atoms with Gasteiger partial charge in [0.1, 0.15) is 12.2 Å². The molecule has 0 aliphatic rings. The fourth-order valence-electron chi connectivity index (χ4n) is 7.00. The number of hydrogen-bond acceptors (Lipinski definition) is 5. The predicted molar refractivity (Wildman–Crippen MR) is 210 cm³/mol. The van der Waals surface area contributed by atoms with Crippen molar-refractivity contribution in [2.45, 2.75) is 257 Å². The summed E-state index contributed by atoms with van der Waals surface area (Å²) < 4.78 is 0. The molecule has 4 atom stereocenters. The van der Waals surface area contributed by atoms with Crippen LogP contribution in [0.5, 0.6) is 0 Å². The molecule has 0 aliphatic heterocycles. The molecule has 1 unspecified atom stereocenters. The zero-order valence-corrected chi connectivity index (χ0v) is 33.1. The number of carbonyl (C=O) groups is 1. The van der Waals surface area contributed by atoms with E-state index >= 15 is 0 Å². The quantitative estimate of drug-likeness (QED) is 0.0411. The molecule has 0 rings (SSSR count). The molecule has 6 nitrogen and oxygen atoms in total. The van der Waals surface area contributed by atoms with Crippen LogP contribution in [0.2, 0.25) is 0 Å². The second kappa shape index (κ2) is 37.1. The van der Waals surface area contributed by atoms with Gasteiger partial charge in [0.2, 0.25) is 5.91 Å². The first-order valence-electron chi connectivity index (χ1n) is 21.8. The third kappa shape index (κ3) is 32.9. The van der Waals surface area contributed by atoms with Crippen molar-refractivity contribution >= 4 is 5.91 Å². The first-order chi connectivity index (χ1) is 23.8. The lowest BCUT2D eigenvalue weighted by atomic mass is 9.99. The molecule has 0 radical (unpaired) electrons. The van der Waals surface area contributed by atoms with Crippen molar-refractivity contribution in [1.82, 2.24) is 5.32 Å². The van der Waals surface area contributed by atoms with Crippen molar-refractivity contribution in [3.8, 4) is 0 Å². The summed E-state index contributed by atoms with van der Waals surface area (Å²) in [7, 11) is 0. The first kappa shape index (κ1) is 48.3. The van der Waals surface area contributed by atoms with Gasteiger partial charge in [-0.25, -0.2) is 0 Å². The number of nitrogens with one attached hydrogen (secondary N) is 1. The standard InChI is InChI=1S/C43H87NO5/c1-4-5-6-7-8-9-10-11-12-13-14-15-16-17-18-19-20-21-22-27-30-33-36-41(47)43(49)44-39(37-45)42(48)40(46)35-32-29-26-24-23-25-28-31-34-38(2)3/h38-42,45-48H,4-37H2,1-3H3,(H,44,49)/t39-,40+,41?,42-/m0/s1. The van der Waals surface area contributed by atoms with Crippen LogP contribution >= 0.6 is 0 Å². The van der Waals surface area contributed by atoms with E-state index < -0.39 is 36.9 Å². The van der Waals surface area contributed by atoms with E-state index in [4.69, 9.17) is 0 Å². The summed E-state index contributed by atoms with van der Waals surface area (Å²) in [5.41, 5.74) is 0. The van der Waals surface area contributed by atoms with E-state index in [1.807, 2.05) is 0 Å². The molecular weight excluding hydrogens is 610 g/mol. The number of hydrogen-bond donors (Lipinski definition) is 5. The van der Waals surface area contributed by atoms with Crippen LogP contribution in [-0.4, -0.2) is 57.3 Å². The van der Waals surface area contributed by atoms with E-state index in [0.717, 1.165) is 44.4 Å². The molecule has 1 amide bonds. The van der Waals surface area contributed by atoms with Crippen molar-refractivity contribution < 1.29 is 25.2 Å². The molecule has 5 N–H and O–H groups in total. The molecule has 0 aromatic heterocycles. The van der Waals surface area contributed by atoms with Crippen LogP contribution in [0.4, 0.5) is 0 Å². The lowest BCUT2D eigenvalue weighted by Crippen LogP contribution is -2.53. The summed E-state index contributed by atoms with van der Waals surface area (Å²) >= 11 is 0. The third-order valence-corrected chi connectivity index (χ3v) is 10.5. The molecule has 294 valence electrons. The second-order valence-electron chi connectivity index (χ2n) is 15.9. The highest BCUT2D eigenvalue weighted by Crippen LogP contribution is 2.17. The normalized spacial score (nSPS) is 14.3. The fourth-order valence-corrected chi connectivity index (χ4v) is 7.00. The molecule has 0 aromatic carbocycles. The van der Waals surface area contributed by atoms with Crippen LogP contribution in [-0.2, 0) is 4.79 Å². The van der Waals surface area contributed by atoms with Gasteiger partial charge in [-0.15, -0.1) is 0 Å². The molecule has 0 fully saturated rings. The minimum Gasteiger partial charge on any atom is -0.394 e. The second-order valence-corrected chi connectivity index (χ2v) is 15.9. The van der Waals surface area contributed by atoms with E-state index in [-0.39, 0.29) is 0 Å². The zero-order valence-electron chi connectivity index (χ0n) is 33.1. The Morgan fingerprint density at radius 3 is 1.10 bits per heavy atom.